The average molecular weight is 380 g/mol. The molecule has 144 valence electrons. The molecule has 1 aromatic carbocycles. The number of rotatable bonds is 9. The molecule has 1 unspecified atom stereocenters. The van der Waals surface area contributed by atoms with Crippen molar-refractivity contribution < 1.29 is 8.42 Å². The molecule has 1 saturated heterocycles. The van der Waals surface area contributed by atoms with Crippen LogP contribution in [0.2, 0.25) is 0 Å². The number of hydrogen-bond acceptors (Lipinski definition) is 4. The van der Waals surface area contributed by atoms with Crippen LogP contribution in [0.4, 0.5) is 0 Å². The van der Waals surface area contributed by atoms with E-state index in [1.54, 1.807) is 12.1 Å². The monoisotopic (exact) mass is 379 g/mol. The second-order valence-corrected chi connectivity index (χ2v) is 8.74. The molecule has 0 aliphatic carbocycles. The summed E-state index contributed by atoms with van der Waals surface area (Å²) < 4.78 is 27.5. The molecule has 0 radical (unpaired) electrons. The van der Waals surface area contributed by atoms with Crippen LogP contribution in [-0.2, 0) is 10.0 Å². The van der Waals surface area contributed by atoms with E-state index in [9.17, 15) is 8.42 Å². The molecule has 1 fully saturated rings. The lowest BCUT2D eigenvalue weighted by Gasteiger charge is -2.31. The highest BCUT2D eigenvalue weighted by Crippen LogP contribution is 2.20. The summed E-state index contributed by atoms with van der Waals surface area (Å²) in [6, 6.07) is 7.17. The molecular weight excluding hydrogens is 350 g/mol. The quantitative estimate of drug-likeness (QED) is 0.404. The van der Waals surface area contributed by atoms with Gasteiger partial charge in [0.25, 0.3) is 0 Å². The standard InChI is InChI=1S/C18H29N5O2S/c1-3-15(2)17-4-6-18(7-5-17)26(24,25)21-10-13-23-11-8-16(9-12-23)14-20-22-19/h4-7,15-16,21H,3,8-14H2,1-2H3. The Labute approximate surface area is 156 Å². The van der Waals surface area contributed by atoms with Crippen molar-refractivity contribution in [1.29, 1.82) is 0 Å². The molecule has 7 nitrogen and oxygen atoms in total. The SMILES string of the molecule is CCC(C)c1ccc(S(=O)(=O)NCCN2CCC(CN=[N+]=[N-])CC2)cc1. The Morgan fingerprint density at radius 1 is 1.31 bits per heavy atom. The normalized spacial score (nSPS) is 17.6. The molecule has 1 atom stereocenters. The van der Waals surface area contributed by atoms with E-state index >= 15 is 0 Å². The van der Waals surface area contributed by atoms with Gasteiger partial charge in [0.15, 0.2) is 0 Å². The van der Waals surface area contributed by atoms with Crippen LogP contribution in [0.1, 0.15) is 44.6 Å². The minimum Gasteiger partial charge on any atom is -0.302 e. The third kappa shape index (κ3) is 5.99. The zero-order chi connectivity index (χ0) is 19.0. The molecule has 0 saturated carbocycles. The fourth-order valence-electron chi connectivity index (χ4n) is 3.18. The van der Waals surface area contributed by atoms with Crippen molar-refractivity contribution in [3.8, 4) is 0 Å². The maximum atomic E-state index is 12.4. The summed E-state index contributed by atoms with van der Waals surface area (Å²) >= 11 is 0. The molecule has 1 N–H and O–H groups in total. The first-order valence-electron chi connectivity index (χ1n) is 9.29. The molecule has 8 heteroatoms. The molecule has 0 bridgehead atoms. The highest BCUT2D eigenvalue weighted by molar-refractivity contribution is 7.89. The Morgan fingerprint density at radius 2 is 1.96 bits per heavy atom. The lowest BCUT2D eigenvalue weighted by atomic mass is 9.97. The minimum atomic E-state index is -3.46. The lowest BCUT2D eigenvalue weighted by Crippen LogP contribution is -2.40. The summed E-state index contributed by atoms with van der Waals surface area (Å²) in [4.78, 5) is 5.38. The van der Waals surface area contributed by atoms with E-state index in [1.165, 1.54) is 0 Å². The van der Waals surface area contributed by atoms with Crippen LogP contribution in [-0.4, -0.2) is 46.0 Å². The van der Waals surface area contributed by atoms with E-state index in [0.717, 1.165) is 37.9 Å². The number of likely N-dealkylation sites (tertiary alicyclic amines) is 1. The van der Waals surface area contributed by atoms with Crippen LogP contribution in [0.5, 0.6) is 0 Å². The number of nitrogens with zero attached hydrogens (tertiary/aromatic N) is 4. The van der Waals surface area contributed by atoms with Crippen LogP contribution in [0.25, 0.3) is 10.4 Å². The molecule has 26 heavy (non-hydrogen) atoms. The van der Waals surface area contributed by atoms with Gasteiger partial charge in [-0.05, 0) is 67.4 Å². The number of nitrogens with one attached hydrogen (secondary N) is 1. The van der Waals surface area contributed by atoms with Crippen LogP contribution in [0, 0.1) is 5.92 Å². The summed E-state index contributed by atoms with van der Waals surface area (Å²) in [5, 5.41) is 3.64. The fourth-order valence-corrected chi connectivity index (χ4v) is 4.20. The number of piperidine rings is 1. The Kier molecular flexibility index (Phi) is 7.90. The summed E-state index contributed by atoms with van der Waals surface area (Å²) in [6.07, 6.45) is 3.01. The van der Waals surface area contributed by atoms with Gasteiger partial charge in [0.05, 0.1) is 4.90 Å². The Hall–Kier alpha value is -1.60. The molecule has 1 heterocycles. The zero-order valence-electron chi connectivity index (χ0n) is 15.6. The number of azide groups is 1. The smallest absolute Gasteiger partial charge is 0.240 e. The van der Waals surface area contributed by atoms with Crippen molar-refractivity contribution >= 4 is 10.0 Å². The van der Waals surface area contributed by atoms with Gasteiger partial charge in [-0.2, -0.15) is 0 Å². The van der Waals surface area contributed by atoms with Crippen molar-refractivity contribution in [3.63, 3.8) is 0 Å². The zero-order valence-corrected chi connectivity index (χ0v) is 16.5. The molecule has 2 rings (SSSR count). The molecule has 0 amide bonds. The van der Waals surface area contributed by atoms with Gasteiger partial charge in [0, 0.05) is 24.5 Å². The highest BCUT2D eigenvalue weighted by atomic mass is 32.2. The summed E-state index contributed by atoms with van der Waals surface area (Å²) in [5.41, 5.74) is 9.53. The van der Waals surface area contributed by atoms with E-state index in [4.69, 9.17) is 5.53 Å². The third-order valence-corrected chi connectivity index (χ3v) is 6.68. The minimum absolute atomic E-state index is 0.317. The second kappa shape index (κ2) is 9.92. The average Bonchev–Trinajstić information content (AvgIpc) is 2.66. The highest BCUT2D eigenvalue weighted by Gasteiger charge is 2.19. The summed E-state index contributed by atoms with van der Waals surface area (Å²) in [5.74, 6) is 0.879. The van der Waals surface area contributed by atoms with Gasteiger partial charge in [-0.25, -0.2) is 13.1 Å². The van der Waals surface area contributed by atoms with E-state index in [0.29, 0.717) is 36.4 Å². The van der Waals surface area contributed by atoms with Gasteiger partial charge in [-0.3, -0.25) is 0 Å². The lowest BCUT2D eigenvalue weighted by molar-refractivity contribution is 0.190. The van der Waals surface area contributed by atoms with E-state index in [-0.39, 0.29) is 0 Å². The van der Waals surface area contributed by atoms with Crippen molar-refractivity contribution in [2.45, 2.75) is 43.9 Å². The van der Waals surface area contributed by atoms with E-state index < -0.39 is 10.0 Å². The van der Waals surface area contributed by atoms with Gasteiger partial charge < -0.3 is 4.90 Å². The predicted octanol–water partition coefficient (Wildman–Crippen LogP) is 3.50. The van der Waals surface area contributed by atoms with Crippen molar-refractivity contribution in [2.24, 2.45) is 11.0 Å². The second-order valence-electron chi connectivity index (χ2n) is 6.97. The van der Waals surface area contributed by atoms with Gasteiger partial charge in [-0.15, -0.1) is 0 Å². The van der Waals surface area contributed by atoms with Crippen LogP contribution < -0.4 is 4.72 Å². The molecule has 0 spiro atoms. The van der Waals surface area contributed by atoms with E-state index in [2.05, 4.69) is 33.5 Å². The first-order chi connectivity index (χ1) is 12.5. The van der Waals surface area contributed by atoms with Crippen molar-refractivity contribution in [3.05, 3.63) is 40.3 Å². The first-order valence-corrected chi connectivity index (χ1v) is 10.8. The topological polar surface area (TPSA) is 98.2 Å². The predicted molar refractivity (Wildman–Crippen MR) is 104 cm³/mol. The van der Waals surface area contributed by atoms with Crippen molar-refractivity contribution in [2.75, 3.05) is 32.7 Å². The molecule has 1 aliphatic heterocycles. The number of hydrogen-bond donors (Lipinski definition) is 1. The third-order valence-electron chi connectivity index (χ3n) is 5.20. The first kappa shape index (κ1) is 20.7. The molecule has 0 aromatic heterocycles. The molecular formula is C18H29N5O2S. The number of sulfonamides is 1. The maximum absolute atomic E-state index is 12.4. The van der Waals surface area contributed by atoms with Gasteiger partial charge in [0.2, 0.25) is 10.0 Å². The Morgan fingerprint density at radius 3 is 2.54 bits per heavy atom. The van der Waals surface area contributed by atoms with Crippen LogP contribution in [0.15, 0.2) is 34.3 Å². The fraction of sp³-hybridized carbons (Fsp3) is 0.667. The van der Waals surface area contributed by atoms with Gasteiger partial charge in [-0.1, -0.05) is 31.1 Å². The molecule has 1 aromatic rings. The summed E-state index contributed by atoms with van der Waals surface area (Å²) in [6.45, 7) is 7.74. The largest absolute Gasteiger partial charge is 0.302 e. The van der Waals surface area contributed by atoms with E-state index in [1.807, 2.05) is 12.1 Å². The van der Waals surface area contributed by atoms with Gasteiger partial charge >= 0.3 is 0 Å². The molecule has 1 aliphatic rings. The maximum Gasteiger partial charge on any atom is 0.240 e. The Balaban J connectivity index is 1.79. The Bertz CT molecular complexity index is 706. The summed E-state index contributed by atoms with van der Waals surface area (Å²) in [7, 11) is -3.46. The number of benzene rings is 1. The van der Waals surface area contributed by atoms with Gasteiger partial charge in [0.1, 0.15) is 0 Å². The van der Waals surface area contributed by atoms with Crippen LogP contribution in [0.3, 0.4) is 0 Å². The van der Waals surface area contributed by atoms with Crippen molar-refractivity contribution in [1.82, 2.24) is 9.62 Å². The van der Waals surface area contributed by atoms with Crippen LogP contribution >= 0.6 is 0 Å².